The van der Waals surface area contributed by atoms with E-state index in [9.17, 15) is 14.4 Å². The Morgan fingerprint density at radius 2 is 1.43 bits per heavy atom. The lowest BCUT2D eigenvalue weighted by molar-refractivity contribution is -0.123. The predicted octanol–water partition coefficient (Wildman–Crippen LogP) is 2.36. The van der Waals surface area contributed by atoms with Crippen LogP contribution in [0, 0.1) is 0 Å². The van der Waals surface area contributed by atoms with Gasteiger partial charge in [0.25, 0.3) is 0 Å². The monoisotopic (exact) mass is 284 g/mol. The summed E-state index contributed by atoms with van der Waals surface area (Å²) in [6.07, 6.45) is 0. The second-order valence-corrected chi connectivity index (χ2v) is 4.11. The van der Waals surface area contributed by atoms with Gasteiger partial charge >= 0.3 is 18.4 Å². The minimum atomic E-state index is -0.891. The highest BCUT2D eigenvalue weighted by atomic mass is 16.6. The quantitative estimate of drug-likeness (QED) is 0.479. The van der Waals surface area contributed by atoms with E-state index in [4.69, 9.17) is 4.74 Å². The van der Waals surface area contributed by atoms with Crippen LogP contribution in [0.5, 0.6) is 0 Å². The van der Waals surface area contributed by atoms with Crippen LogP contribution < -0.4 is 0 Å². The molecule has 0 radical (unpaired) electrons. The average Bonchev–Trinajstić information content (AvgIpc) is 2.54. The summed E-state index contributed by atoms with van der Waals surface area (Å²) in [5, 5.41) is 0. The minimum Gasteiger partial charge on any atom is -0.457 e. The van der Waals surface area contributed by atoms with Crippen LogP contribution in [-0.2, 0) is 20.9 Å². The van der Waals surface area contributed by atoms with Crippen molar-refractivity contribution in [3.05, 3.63) is 71.3 Å². The first-order valence-electron chi connectivity index (χ1n) is 6.17. The van der Waals surface area contributed by atoms with Crippen LogP contribution in [0.25, 0.3) is 0 Å². The standard InChI is InChI=1S/C16H12O5/c17-11-21-16(19)14-9-5-4-8-13(14)15(18)20-10-12-6-2-1-3-7-12/h1-9,11H,10H2. The Hall–Kier alpha value is -2.95. The molecule has 2 rings (SSSR count). The van der Waals surface area contributed by atoms with Crippen molar-refractivity contribution in [2.45, 2.75) is 6.61 Å². The Kier molecular flexibility index (Phi) is 4.82. The summed E-state index contributed by atoms with van der Waals surface area (Å²) in [6.45, 7) is 0.116. The molecule has 0 aliphatic carbocycles. The Morgan fingerprint density at radius 3 is 2.05 bits per heavy atom. The molecule has 2 aromatic carbocycles. The molecule has 0 aliphatic rings. The molecule has 0 amide bonds. The summed E-state index contributed by atoms with van der Waals surface area (Å²) in [4.78, 5) is 33.8. The number of rotatable bonds is 5. The molecule has 0 N–H and O–H groups in total. The van der Waals surface area contributed by atoms with Crippen molar-refractivity contribution < 1.29 is 23.9 Å². The number of benzene rings is 2. The maximum Gasteiger partial charge on any atom is 0.346 e. The lowest BCUT2D eigenvalue weighted by Crippen LogP contribution is -2.13. The van der Waals surface area contributed by atoms with E-state index < -0.39 is 11.9 Å². The second kappa shape index (κ2) is 7.00. The Balaban J connectivity index is 2.12. The normalized spacial score (nSPS) is 9.71. The van der Waals surface area contributed by atoms with Gasteiger partial charge < -0.3 is 9.47 Å². The van der Waals surface area contributed by atoms with Crippen molar-refractivity contribution in [1.82, 2.24) is 0 Å². The van der Waals surface area contributed by atoms with Crippen LogP contribution in [0.2, 0.25) is 0 Å². The number of hydrogen-bond donors (Lipinski definition) is 0. The zero-order valence-electron chi connectivity index (χ0n) is 11.0. The molecule has 21 heavy (non-hydrogen) atoms. The Bertz CT molecular complexity index is 649. The summed E-state index contributed by atoms with van der Waals surface area (Å²) in [5.41, 5.74) is 0.877. The molecule has 0 unspecified atom stereocenters. The van der Waals surface area contributed by atoms with Gasteiger partial charge in [0.05, 0.1) is 11.1 Å². The predicted molar refractivity (Wildman–Crippen MR) is 73.5 cm³/mol. The molecule has 0 heterocycles. The van der Waals surface area contributed by atoms with Crippen LogP contribution in [0.4, 0.5) is 0 Å². The van der Waals surface area contributed by atoms with Gasteiger partial charge in [0, 0.05) is 0 Å². The van der Waals surface area contributed by atoms with E-state index in [-0.39, 0.29) is 24.2 Å². The third-order valence-electron chi connectivity index (χ3n) is 2.73. The Morgan fingerprint density at radius 1 is 0.857 bits per heavy atom. The van der Waals surface area contributed by atoms with Crippen molar-refractivity contribution in [3.63, 3.8) is 0 Å². The maximum atomic E-state index is 12.0. The van der Waals surface area contributed by atoms with Gasteiger partial charge in [-0.05, 0) is 17.7 Å². The fourth-order valence-electron chi connectivity index (χ4n) is 1.75. The molecule has 0 saturated carbocycles. The van der Waals surface area contributed by atoms with Crippen molar-refractivity contribution >= 4 is 18.4 Å². The zero-order valence-corrected chi connectivity index (χ0v) is 11.0. The smallest absolute Gasteiger partial charge is 0.346 e. The number of hydrogen-bond acceptors (Lipinski definition) is 5. The van der Waals surface area contributed by atoms with Crippen molar-refractivity contribution in [3.8, 4) is 0 Å². The van der Waals surface area contributed by atoms with Crippen LogP contribution in [-0.4, -0.2) is 18.4 Å². The summed E-state index contributed by atoms with van der Waals surface area (Å²) < 4.78 is 9.40. The molecule has 0 fully saturated rings. The molecule has 5 heteroatoms. The van der Waals surface area contributed by atoms with E-state index >= 15 is 0 Å². The van der Waals surface area contributed by atoms with E-state index in [1.54, 1.807) is 12.1 Å². The van der Waals surface area contributed by atoms with Gasteiger partial charge in [0.2, 0.25) is 0 Å². The third kappa shape index (κ3) is 3.76. The highest BCUT2D eigenvalue weighted by molar-refractivity contribution is 6.04. The molecular formula is C16H12O5. The van der Waals surface area contributed by atoms with Crippen LogP contribution >= 0.6 is 0 Å². The summed E-state index contributed by atoms with van der Waals surface area (Å²) in [7, 11) is 0. The van der Waals surface area contributed by atoms with Gasteiger partial charge in [0.15, 0.2) is 0 Å². The van der Waals surface area contributed by atoms with Gasteiger partial charge in [0.1, 0.15) is 6.61 Å². The van der Waals surface area contributed by atoms with Gasteiger partial charge in [-0.15, -0.1) is 0 Å². The van der Waals surface area contributed by atoms with Gasteiger partial charge in [-0.2, -0.15) is 0 Å². The van der Waals surface area contributed by atoms with E-state index in [0.717, 1.165) is 5.56 Å². The molecule has 0 atom stereocenters. The fraction of sp³-hybridized carbons (Fsp3) is 0.0625. The third-order valence-corrected chi connectivity index (χ3v) is 2.73. The summed E-state index contributed by atoms with van der Waals surface area (Å²) in [6, 6.07) is 15.2. The van der Waals surface area contributed by atoms with Gasteiger partial charge in [-0.25, -0.2) is 9.59 Å². The lowest BCUT2D eigenvalue weighted by atomic mass is 10.1. The van der Waals surface area contributed by atoms with Crippen LogP contribution in [0.3, 0.4) is 0 Å². The first kappa shape index (κ1) is 14.5. The summed E-state index contributed by atoms with van der Waals surface area (Å²) >= 11 is 0. The highest BCUT2D eigenvalue weighted by Crippen LogP contribution is 2.13. The molecule has 106 valence electrons. The van der Waals surface area contributed by atoms with Crippen molar-refractivity contribution in [1.29, 1.82) is 0 Å². The molecule has 2 aromatic rings. The number of ether oxygens (including phenoxy) is 2. The molecule has 0 saturated heterocycles. The van der Waals surface area contributed by atoms with Crippen molar-refractivity contribution in [2.75, 3.05) is 0 Å². The van der Waals surface area contributed by atoms with E-state index in [1.807, 2.05) is 30.3 Å². The minimum absolute atomic E-state index is 0.0114. The van der Waals surface area contributed by atoms with Gasteiger partial charge in [-0.1, -0.05) is 42.5 Å². The number of carbonyl (C=O) groups excluding carboxylic acids is 3. The Labute approximate surface area is 121 Å². The molecular weight excluding hydrogens is 272 g/mol. The second-order valence-electron chi connectivity index (χ2n) is 4.11. The average molecular weight is 284 g/mol. The van der Waals surface area contributed by atoms with Gasteiger partial charge in [-0.3, -0.25) is 4.79 Å². The topological polar surface area (TPSA) is 69.7 Å². The lowest BCUT2D eigenvalue weighted by Gasteiger charge is -2.08. The first-order chi connectivity index (χ1) is 10.2. The number of esters is 2. The maximum absolute atomic E-state index is 12.0. The number of carbonyl (C=O) groups is 3. The zero-order chi connectivity index (χ0) is 15.1. The fourth-order valence-corrected chi connectivity index (χ4v) is 1.75. The van der Waals surface area contributed by atoms with E-state index in [2.05, 4.69) is 4.74 Å². The molecule has 0 bridgehead atoms. The van der Waals surface area contributed by atoms with E-state index in [0.29, 0.717) is 0 Å². The largest absolute Gasteiger partial charge is 0.457 e. The van der Waals surface area contributed by atoms with E-state index in [1.165, 1.54) is 12.1 Å². The van der Waals surface area contributed by atoms with Crippen LogP contribution in [0.1, 0.15) is 26.3 Å². The summed E-state index contributed by atoms with van der Waals surface area (Å²) in [5.74, 6) is -1.55. The molecule has 5 nitrogen and oxygen atoms in total. The first-order valence-corrected chi connectivity index (χ1v) is 6.17. The van der Waals surface area contributed by atoms with Crippen LogP contribution in [0.15, 0.2) is 54.6 Å². The molecule has 0 spiro atoms. The SMILES string of the molecule is O=COC(=O)c1ccccc1C(=O)OCc1ccccc1. The highest BCUT2D eigenvalue weighted by Gasteiger charge is 2.18. The van der Waals surface area contributed by atoms with Crippen molar-refractivity contribution in [2.24, 2.45) is 0 Å². The molecule has 0 aromatic heterocycles. The molecule has 0 aliphatic heterocycles.